The fourth-order valence-electron chi connectivity index (χ4n) is 3.59. The zero-order chi connectivity index (χ0) is 16.2. The third kappa shape index (κ3) is 6.76. The van der Waals surface area contributed by atoms with Gasteiger partial charge in [0.25, 0.3) is 0 Å². The van der Waals surface area contributed by atoms with E-state index in [1.165, 1.54) is 25.7 Å². The van der Waals surface area contributed by atoms with Crippen LogP contribution >= 0.6 is 24.0 Å². The van der Waals surface area contributed by atoms with Crippen molar-refractivity contribution in [1.82, 2.24) is 10.6 Å². The van der Waals surface area contributed by atoms with Gasteiger partial charge < -0.3 is 10.6 Å². The van der Waals surface area contributed by atoms with Crippen molar-refractivity contribution < 1.29 is 8.42 Å². The molecule has 0 spiro atoms. The third-order valence-corrected chi connectivity index (χ3v) is 7.00. The van der Waals surface area contributed by atoms with Gasteiger partial charge in [-0.1, -0.05) is 13.8 Å². The van der Waals surface area contributed by atoms with E-state index in [0.717, 1.165) is 24.2 Å². The smallest absolute Gasteiger partial charge is 0.191 e. The minimum atomic E-state index is -2.79. The van der Waals surface area contributed by atoms with E-state index in [1.54, 1.807) is 7.05 Å². The fraction of sp³-hybridized carbons (Fsp3) is 0.938. The van der Waals surface area contributed by atoms with E-state index in [1.807, 2.05) is 0 Å². The molecule has 2 fully saturated rings. The molecule has 1 unspecified atom stereocenters. The number of rotatable bonds is 4. The van der Waals surface area contributed by atoms with Crippen LogP contribution in [-0.2, 0) is 9.84 Å². The van der Waals surface area contributed by atoms with Crippen molar-refractivity contribution in [3.8, 4) is 0 Å². The Morgan fingerprint density at radius 2 is 1.83 bits per heavy atom. The van der Waals surface area contributed by atoms with Crippen LogP contribution < -0.4 is 10.6 Å². The topological polar surface area (TPSA) is 70.6 Å². The molecule has 2 aliphatic rings. The molecule has 0 radical (unpaired) electrons. The SMILES string of the molecule is CN=C(NCC1CCS(=O)(=O)C1)NC1CCC(C(C)C)CC1.I. The van der Waals surface area contributed by atoms with Gasteiger partial charge in [-0.2, -0.15) is 0 Å². The Morgan fingerprint density at radius 3 is 2.30 bits per heavy atom. The van der Waals surface area contributed by atoms with Gasteiger partial charge in [0.1, 0.15) is 0 Å². The second kappa shape index (κ2) is 9.44. The van der Waals surface area contributed by atoms with Crippen LogP contribution in [0.5, 0.6) is 0 Å². The second-order valence-electron chi connectivity index (χ2n) is 7.22. The van der Waals surface area contributed by atoms with Crippen LogP contribution in [0.3, 0.4) is 0 Å². The van der Waals surface area contributed by atoms with Crippen LogP contribution in [0.15, 0.2) is 4.99 Å². The molecule has 2 rings (SSSR count). The lowest BCUT2D eigenvalue weighted by atomic mass is 9.80. The summed E-state index contributed by atoms with van der Waals surface area (Å²) in [6.45, 7) is 5.32. The largest absolute Gasteiger partial charge is 0.356 e. The summed E-state index contributed by atoms with van der Waals surface area (Å²) in [6, 6.07) is 0.494. The molecule has 1 aliphatic heterocycles. The van der Waals surface area contributed by atoms with Gasteiger partial charge in [-0.3, -0.25) is 4.99 Å². The number of aliphatic imine (C=N–C) groups is 1. The minimum Gasteiger partial charge on any atom is -0.356 e. The molecule has 1 aliphatic carbocycles. The highest BCUT2D eigenvalue weighted by atomic mass is 127. The molecule has 1 atom stereocenters. The third-order valence-electron chi connectivity index (χ3n) is 5.16. The van der Waals surface area contributed by atoms with E-state index >= 15 is 0 Å². The first kappa shape index (κ1) is 21.0. The Bertz CT molecular complexity index is 486. The Morgan fingerprint density at radius 1 is 1.17 bits per heavy atom. The van der Waals surface area contributed by atoms with Gasteiger partial charge in [-0.05, 0) is 49.9 Å². The zero-order valence-corrected chi connectivity index (χ0v) is 17.7. The van der Waals surface area contributed by atoms with Crippen LogP contribution in [0.25, 0.3) is 0 Å². The van der Waals surface area contributed by atoms with Crippen LogP contribution in [0.1, 0.15) is 46.0 Å². The molecule has 2 N–H and O–H groups in total. The molecule has 5 nitrogen and oxygen atoms in total. The minimum absolute atomic E-state index is 0. The lowest BCUT2D eigenvalue weighted by molar-refractivity contribution is 0.250. The summed E-state index contributed by atoms with van der Waals surface area (Å²) < 4.78 is 23.0. The molecule has 1 saturated heterocycles. The first-order valence-corrected chi connectivity index (χ1v) is 10.4. The van der Waals surface area contributed by atoms with Crippen molar-refractivity contribution >= 4 is 39.8 Å². The van der Waals surface area contributed by atoms with Crippen molar-refractivity contribution in [1.29, 1.82) is 0 Å². The number of guanidine groups is 1. The molecule has 7 heteroatoms. The predicted octanol–water partition coefficient (Wildman–Crippen LogP) is 2.42. The van der Waals surface area contributed by atoms with Crippen molar-refractivity contribution in [3.63, 3.8) is 0 Å². The van der Waals surface area contributed by atoms with E-state index < -0.39 is 9.84 Å². The van der Waals surface area contributed by atoms with E-state index in [0.29, 0.717) is 24.1 Å². The predicted molar refractivity (Wildman–Crippen MR) is 107 cm³/mol. The maximum Gasteiger partial charge on any atom is 0.191 e. The van der Waals surface area contributed by atoms with Gasteiger partial charge in [0.2, 0.25) is 0 Å². The second-order valence-corrected chi connectivity index (χ2v) is 9.45. The molecular weight excluding hydrogens is 425 g/mol. The summed E-state index contributed by atoms with van der Waals surface area (Å²) in [5.74, 6) is 3.33. The molecule has 136 valence electrons. The molecule has 0 aromatic rings. The summed E-state index contributed by atoms with van der Waals surface area (Å²) in [4.78, 5) is 4.28. The standard InChI is InChI=1S/C16H31N3O2S.HI/c1-12(2)14-4-6-15(7-5-14)19-16(17-3)18-10-13-8-9-22(20,21)11-13;/h12-15H,4-11H2,1-3H3,(H2,17,18,19);1H. The highest BCUT2D eigenvalue weighted by Crippen LogP contribution is 2.29. The van der Waals surface area contributed by atoms with Crippen molar-refractivity contribution in [2.45, 2.75) is 52.0 Å². The van der Waals surface area contributed by atoms with Gasteiger partial charge >= 0.3 is 0 Å². The van der Waals surface area contributed by atoms with E-state index in [2.05, 4.69) is 29.5 Å². The molecule has 0 bridgehead atoms. The van der Waals surface area contributed by atoms with E-state index in [9.17, 15) is 8.42 Å². The molecule has 23 heavy (non-hydrogen) atoms. The van der Waals surface area contributed by atoms with E-state index in [4.69, 9.17) is 0 Å². The van der Waals surface area contributed by atoms with E-state index in [-0.39, 0.29) is 29.9 Å². The number of halogens is 1. The average molecular weight is 457 g/mol. The molecule has 0 aromatic heterocycles. The van der Waals surface area contributed by atoms with Crippen molar-refractivity contribution in [3.05, 3.63) is 0 Å². The summed E-state index contributed by atoms with van der Waals surface area (Å²) in [7, 11) is -1.01. The monoisotopic (exact) mass is 457 g/mol. The molecule has 0 amide bonds. The number of nitrogens with zero attached hydrogens (tertiary/aromatic N) is 1. The Balaban J connectivity index is 0.00000264. The van der Waals surface area contributed by atoms with Gasteiger partial charge in [-0.25, -0.2) is 8.42 Å². The van der Waals surface area contributed by atoms with Crippen LogP contribution in [-0.4, -0.2) is 45.5 Å². The van der Waals surface area contributed by atoms with Gasteiger partial charge in [-0.15, -0.1) is 24.0 Å². The summed E-state index contributed by atoms with van der Waals surface area (Å²) in [5, 5.41) is 6.80. The number of sulfone groups is 1. The van der Waals surface area contributed by atoms with Crippen LogP contribution in [0, 0.1) is 17.8 Å². The number of hydrogen-bond donors (Lipinski definition) is 2. The zero-order valence-electron chi connectivity index (χ0n) is 14.5. The highest BCUT2D eigenvalue weighted by molar-refractivity contribution is 14.0. The fourth-order valence-corrected chi connectivity index (χ4v) is 5.45. The Kier molecular flexibility index (Phi) is 8.61. The summed E-state index contributed by atoms with van der Waals surface area (Å²) >= 11 is 0. The van der Waals surface area contributed by atoms with Gasteiger partial charge in [0, 0.05) is 19.6 Å². The molecule has 1 saturated carbocycles. The number of nitrogens with one attached hydrogen (secondary N) is 2. The van der Waals surface area contributed by atoms with Crippen LogP contribution in [0.2, 0.25) is 0 Å². The Labute approximate surface area is 158 Å². The maximum absolute atomic E-state index is 11.5. The van der Waals surface area contributed by atoms with Crippen molar-refractivity contribution in [2.24, 2.45) is 22.7 Å². The van der Waals surface area contributed by atoms with Crippen molar-refractivity contribution in [2.75, 3.05) is 25.1 Å². The summed E-state index contributed by atoms with van der Waals surface area (Å²) in [6.07, 6.45) is 5.73. The van der Waals surface area contributed by atoms with Gasteiger partial charge in [0.15, 0.2) is 15.8 Å². The summed E-state index contributed by atoms with van der Waals surface area (Å²) in [5.41, 5.74) is 0. The molecule has 1 heterocycles. The first-order chi connectivity index (χ1) is 10.4. The quantitative estimate of drug-likeness (QED) is 0.387. The molecule has 0 aromatic carbocycles. The highest BCUT2D eigenvalue weighted by Gasteiger charge is 2.28. The van der Waals surface area contributed by atoms with Gasteiger partial charge in [0.05, 0.1) is 11.5 Å². The van der Waals surface area contributed by atoms with Crippen LogP contribution in [0.4, 0.5) is 0 Å². The average Bonchev–Trinajstić information content (AvgIpc) is 2.83. The lowest BCUT2D eigenvalue weighted by Crippen LogP contribution is -2.46. The maximum atomic E-state index is 11.5. The Hall–Kier alpha value is -0.0500. The lowest BCUT2D eigenvalue weighted by Gasteiger charge is -2.32. The normalized spacial score (nSPS) is 30.8. The first-order valence-electron chi connectivity index (χ1n) is 8.57. The number of hydrogen-bond acceptors (Lipinski definition) is 3. The molecular formula is C16H32IN3O2S.